The summed E-state index contributed by atoms with van der Waals surface area (Å²) in [5.41, 5.74) is 2.63. The molecule has 7 nitrogen and oxygen atoms in total. The van der Waals surface area contributed by atoms with Gasteiger partial charge in [-0.05, 0) is 57.4 Å². The molecule has 1 saturated heterocycles. The summed E-state index contributed by atoms with van der Waals surface area (Å²) < 4.78 is 5.73. The van der Waals surface area contributed by atoms with Crippen LogP contribution in [-0.4, -0.2) is 44.9 Å². The normalized spacial score (nSPS) is 19.2. The van der Waals surface area contributed by atoms with E-state index in [1.807, 2.05) is 26.0 Å². The van der Waals surface area contributed by atoms with Gasteiger partial charge in [-0.2, -0.15) is 0 Å². The van der Waals surface area contributed by atoms with Gasteiger partial charge in [0.1, 0.15) is 11.6 Å². The van der Waals surface area contributed by atoms with E-state index in [0.29, 0.717) is 19.5 Å². The highest BCUT2D eigenvalue weighted by Gasteiger charge is 2.30. The number of nitrogens with one attached hydrogen (secondary N) is 1. The molecule has 4 rings (SSSR count). The van der Waals surface area contributed by atoms with Gasteiger partial charge in [0, 0.05) is 25.6 Å². The van der Waals surface area contributed by atoms with Crippen molar-refractivity contribution in [3.8, 4) is 5.75 Å². The minimum Gasteiger partial charge on any atom is -0.491 e. The van der Waals surface area contributed by atoms with E-state index in [-0.39, 0.29) is 23.6 Å². The molecule has 0 spiro atoms. The number of fused-ring (bicyclic) bond motifs is 1. The molecule has 160 valence electrons. The van der Waals surface area contributed by atoms with E-state index in [9.17, 15) is 9.59 Å². The van der Waals surface area contributed by atoms with Gasteiger partial charge < -0.3 is 14.6 Å². The van der Waals surface area contributed by atoms with Crippen LogP contribution in [0.15, 0.2) is 29.1 Å². The van der Waals surface area contributed by atoms with Gasteiger partial charge in [0.05, 0.1) is 24.4 Å². The largest absolute Gasteiger partial charge is 0.491 e. The number of carbonyl (C=O) groups excluding carboxylic acids is 1. The van der Waals surface area contributed by atoms with Crippen LogP contribution in [0, 0.1) is 0 Å². The van der Waals surface area contributed by atoms with Crippen LogP contribution in [-0.2, 0) is 24.3 Å². The molecule has 1 atom stereocenters. The number of H-pyrrole nitrogens is 1. The Kier molecular flexibility index (Phi) is 5.90. The standard InChI is InChI=1S/C23H30N4O3/c1-15(2)30-18-8-6-17(7-9-18)13-27-11-4-5-21(27)22-24-20-14-26(16(3)28)12-10-19(20)23(29)25-22/h6-9,15,21H,4-5,10-14H2,1-3H3,(H,24,25,29)/t21-/m0/s1. The number of rotatable bonds is 5. The van der Waals surface area contributed by atoms with E-state index in [1.165, 1.54) is 5.56 Å². The maximum atomic E-state index is 12.7. The highest BCUT2D eigenvalue weighted by atomic mass is 16.5. The van der Waals surface area contributed by atoms with Gasteiger partial charge in [-0.1, -0.05) is 12.1 Å². The first-order valence-electron chi connectivity index (χ1n) is 10.8. The third kappa shape index (κ3) is 4.41. The molecule has 1 aromatic carbocycles. The minimum absolute atomic E-state index is 0.0247. The van der Waals surface area contributed by atoms with E-state index in [0.717, 1.165) is 48.8 Å². The predicted molar refractivity (Wildman–Crippen MR) is 114 cm³/mol. The van der Waals surface area contributed by atoms with Crippen LogP contribution in [0.25, 0.3) is 0 Å². The Morgan fingerprint density at radius 2 is 2.03 bits per heavy atom. The van der Waals surface area contributed by atoms with Crippen molar-refractivity contribution in [1.82, 2.24) is 19.8 Å². The lowest BCUT2D eigenvalue weighted by Gasteiger charge is -2.28. The summed E-state index contributed by atoms with van der Waals surface area (Å²) in [6, 6.07) is 8.30. The third-order valence-electron chi connectivity index (χ3n) is 5.90. The zero-order valence-corrected chi connectivity index (χ0v) is 18.0. The number of carbonyl (C=O) groups is 1. The number of ether oxygens (including phenoxy) is 1. The van der Waals surface area contributed by atoms with Gasteiger partial charge in [-0.15, -0.1) is 0 Å². The van der Waals surface area contributed by atoms with Crippen molar-refractivity contribution in [3.05, 3.63) is 57.3 Å². The number of aromatic amines is 1. The van der Waals surface area contributed by atoms with Gasteiger partial charge in [0.15, 0.2) is 0 Å². The van der Waals surface area contributed by atoms with Crippen molar-refractivity contribution in [2.45, 2.75) is 65.3 Å². The number of hydrogen-bond donors (Lipinski definition) is 1. The summed E-state index contributed by atoms with van der Waals surface area (Å²) in [5.74, 6) is 1.63. The first-order valence-corrected chi connectivity index (χ1v) is 10.8. The van der Waals surface area contributed by atoms with Crippen LogP contribution < -0.4 is 10.3 Å². The molecule has 0 radical (unpaired) electrons. The summed E-state index contributed by atoms with van der Waals surface area (Å²) in [7, 11) is 0. The van der Waals surface area contributed by atoms with E-state index >= 15 is 0 Å². The average molecular weight is 411 g/mol. The van der Waals surface area contributed by atoms with E-state index in [4.69, 9.17) is 9.72 Å². The number of likely N-dealkylation sites (tertiary alicyclic amines) is 1. The number of aromatic nitrogens is 2. The van der Waals surface area contributed by atoms with Crippen molar-refractivity contribution in [2.75, 3.05) is 13.1 Å². The SMILES string of the molecule is CC(=O)N1CCc2c(nc([C@@H]3CCCN3Cc3ccc(OC(C)C)cc3)[nH]c2=O)C1. The summed E-state index contributed by atoms with van der Waals surface area (Å²) >= 11 is 0. The van der Waals surface area contributed by atoms with Crippen LogP contribution in [0.2, 0.25) is 0 Å². The maximum absolute atomic E-state index is 12.7. The molecule has 0 bridgehead atoms. The molecule has 30 heavy (non-hydrogen) atoms. The lowest BCUT2D eigenvalue weighted by Crippen LogP contribution is -2.39. The second kappa shape index (κ2) is 8.60. The number of hydrogen-bond acceptors (Lipinski definition) is 5. The predicted octanol–water partition coefficient (Wildman–Crippen LogP) is 2.80. The molecule has 2 aliphatic rings. The topological polar surface area (TPSA) is 78.5 Å². The van der Waals surface area contributed by atoms with E-state index < -0.39 is 0 Å². The molecule has 7 heteroatoms. The van der Waals surface area contributed by atoms with Gasteiger partial charge in [0.2, 0.25) is 5.91 Å². The summed E-state index contributed by atoms with van der Waals surface area (Å²) in [5, 5.41) is 0. The summed E-state index contributed by atoms with van der Waals surface area (Å²) in [4.78, 5) is 36.4. The highest BCUT2D eigenvalue weighted by Crippen LogP contribution is 2.32. The first kappa shape index (κ1) is 20.6. The van der Waals surface area contributed by atoms with Crippen molar-refractivity contribution in [2.24, 2.45) is 0 Å². The highest BCUT2D eigenvalue weighted by molar-refractivity contribution is 5.73. The average Bonchev–Trinajstić information content (AvgIpc) is 3.16. The van der Waals surface area contributed by atoms with Crippen LogP contribution in [0.5, 0.6) is 5.75 Å². The quantitative estimate of drug-likeness (QED) is 0.820. The minimum atomic E-state index is -0.0553. The second-order valence-electron chi connectivity index (χ2n) is 8.51. The van der Waals surface area contributed by atoms with Gasteiger partial charge >= 0.3 is 0 Å². The first-order chi connectivity index (χ1) is 14.4. The van der Waals surface area contributed by atoms with Crippen molar-refractivity contribution < 1.29 is 9.53 Å². The Labute approximate surface area is 177 Å². The van der Waals surface area contributed by atoms with Gasteiger partial charge in [-0.25, -0.2) is 4.98 Å². The summed E-state index contributed by atoms with van der Waals surface area (Å²) in [6.45, 7) is 8.37. The molecule has 2 aliphatic heterocycles. The van der Waals surface area contributed by atoms with Gasteiger partial charge in [0.25, 0.3) is 5.56 Å². The number of benzene rings is 1. The molecular weight excluding hydrogens is 380 g/mol. The molecule has 0 aliphatic carbocycles. The molecule has 1 N–H and O–H groups in total. The fourth-order valence-corrected chi connectivity index (χ4v) is 4.39. The van der Waals surface area contributed by atoms with Crippen LogP contribution >= 0.6 is 0 Å². The van der Waals surface area contributed by atoms with Gasteiger partial charge in [-0.3, -0.25) is 14.5 Å². The molecule has 1 amide bonds. The molecule has 1 aromatic heterocycles. The fraction of sp³-hybridized carbons (Fsp3) is 0.522. The zero-order valence-electron chi connectivity index (χ0n) is 18.0. The van der Waals surface area contributed by atoms with Crippen LogP contribution in [0.3, 0.4) is 0 Å². The molecule has 1 fully saturated rings. The Hall–Kier alpha value is -2.67. The monoisotopic (exact) mass is 410 g/mol. The zero-order chi connectivity index (χ0) is 21.3. The number of amides is 1. The molecule has 0 saturated carbocycles. The molecule has 0 unspecified atom stereocenters. The Morgan fingerprint density at radius 3 is 2.73 bits per heavy atom. The van der Waals surface area contributed by atoms with Crippen molar-refractivity contribution in [3.63, 3.8) is 0 Å². The lowest BCUT2D eigenvalue weighted by molar-refractivity contribution is -0.129. The van der Waals surface area contributed by atoms with E-state index in [2.05, 4.69) is 22.0 Å². The third-order valence-corrected chi connectivity index (χ3v) is 5.90. The van der Waals surface area contributed by atoms with Crippen LogP contribution in [0.4, 0.5) is 0 Å². The Morgan fingerprint density at radius 1 is 1.27 bits per heavy atom. The lowest BCUT2D eigenvalue weighted by atomic mass is 10.1. The summed E-state index contributed by atoms with van der Waals surface area (Å²) in [6.07, 6.45) is 2.76. The Balaban J connectivity index is 1.52. The molecule has 2 aromatic rings. The Bertz CT molecular complexity index is 967. The van der Waals surface area contributed by atoms with E-state index in [1.54, 1.807) is 11.8 Å². The molecule has 3 heterocycles. The van der Waals surface area contributed by atoms with Crippen molar-refractivity contribution in [1.29, 1.82) is 0 Å². The van der Waals surface area contributed by atoms with Crippen molar-refractivity contribution >= 4 is 5.91 Å². The molecular formula is C23H30N4O3. The van der Waals surface area contributed by atoms with Crippen LogP contribution in [0.1, 0.15) is 62.3 Å². The second-order valence-corrected chi connectivity index (χ2v) is 8.51. The fourth-order valence-electron chi connectivity index (χ4n) is 4.39. The number of nitrogens with zero attached hydrogens (tertiary/aromatic N) is 3. The smallest absolute Gasteiger partial charge is 0.254 e. The maximum Gasteiger partial charge on any atom is 0.254 e.